The second-order valence-corrected chi connectivity index (χ2v) is 5.23. The van der Waals surface area contributed by atoms with Crippen LogP contribution in [0.25, 0.3) is 0 Å². The van der Waals surface area contributed by atoms with Gasteiger partial charge < -0.3 is 16.6 Å². The highest BCUT2D eigenvalue weighted by Crippen LogP contribution is 2.38. The Kier molecular flexibility index (Phi) is 4.82. The second kappa shape index (κ2) is 5.73. The van der Waals surface area contributed by atoms with Gasteiger partial charge in [-0.15, -0.1) is 23.7 Å². The number of anilines is 1. The van der Waals surface area contributed by atoms with E-state index in [1.54, 1.807) is 23.5 Å². The minimum Gasteiger partial charge on any atom is -0.505 e. The molecule has 0 unspecified atom stereocenters. The third-order valence-electron chi connectivity index (χ3n) is 2.36. The molecule has 1 atom stereocenters. The topological polar surface area (TPSA) is 72.3 Å². The number of aromatic hydroxyl groups is 1. The normalized spacial score (nSPS) is 11.9. The fraction of sp³-hybridized carbons (Fsp3) is 0.0909. The van der Waals surface area contributed by atoms with Crippen molar-refractivity contribution in [2.45, 2.75) is 6.04 Å². The summed E-state index contributed by atoms with van der Waals surface area (Å²) in [7, 11) is 0. The molecule has 0 aliphatic carbocycles. The molecular formula is C11H12BrClN2OS. The van der Waals surface area contributed by atoms with E-state index in [9.17, 15) is 5.11 Å². The lowest BCUT2D eigenvalue weighted by molar-refractivity contribution is 0.467. The highest BCUT2D eigenvalue weighted by Gasteiger charge is 2.18. The molecule has 2 rings (SSSR count). The number of nitrogens with two attached hydrogens (primary N) is 2. The SMILES string of the molecule is Cl.Nc1ccc(Br)c([C@H](N)c2cccs2)c1O. The fourth-order valence-corrected chi connectivity index (χ4v) is 2.81. The lowest BCUT2D eigenvalue weighted by Crippen LogP contribution is -2.11. The zero-order valence-electron chi connectivity index (χ0n) is 8.76. The van der Waals surface area contributed by atoms with Gasteiger partial charge in [0.05, 0.1) is 11.7 Å². The molecule has 0 saturated heterocycles. The average molecular weight is 336 g/mol. The van der Waals surface area contributed by atoms with Crippen molar-refractivity contribution in [2.75, 3.05) is 5.73 Å². The standard InChI is InChI=1S/C11H11BrN2OS.ClH/c12-6-3-4-7(13)11(15)9(6)10(14)8-2-1-5-16-8;/h1-5,10,15H,13-14H2;1H/t10-;/m1./s1. The van der Waals surface area contributed by atoms with Gasteiger partial charge in [0.2, 0.25) is 0 Å². The van der Waals surface area contributed by atoms with Crippen LogP contribution < -0.4 is 11.5 Å². The van der Waals surface area contributed by atoms with Crippen LogP contribution in [0.2, 0.25) is 0 Å². The molecule has 0 saturated carbocycles. The Hall–Kier alpha value is -0.750. The quantitative estimate of drug-likeness (QED) is 0.582. The predicted molar refractivity (Wildman–Crippen MR) is 77.8 cm³/mol. The van der Waals surface area contributed by atoms with Crippen molar-refractivity contribution in [3.8, 4) is 5.75 Å². The molecule has 17 heavy (non-hydrogen) atoms. The van der Waals surface area contributed by atoms with Gasteiger partial charge in [-0.1, -0.05) is 22.0 Å². The average Bonchev–Trinajstić information content (AvgIpc) is 2.77. The van der Waals surface area contributed by atoms with Crippen LogP contribution in [-0.4, -0.2) is 5.11 Å². The maximum Gasteiger partial charge on any atom is 0.144 e. The summed E-state index contributed by atoms with van der Waals surface area (Å²) >= 11 is 4.93. The smallest absolute Gasteiger partial charge is 0.144 e. The first-order valence-electron chi connectivity index (χ1n) is 4.67. The van der Waals surface area contributed by atoms with Crippen LogP contribution in [0.3, 0.4) is 0 Å². The maximum atomic E-state index is 9.92. The van der Waals surface area contributed by atoms with Crippen molar-refractivity contribution < 1.29 is 5.11 Å². The summed E-state index contributed by atoms with van der Waals surface area (Å²) in [5, 5.41) is 11.9. The van der Waals surface area contributed by atoms with Crippen LogP contribution in [0.5, 0.6) is 5.75 Å². The zero-order chi connectivity index (χ0) is 11.7. The van der Waals surface area contributed by atoms with E-state index in [1.165, 1.54) is 0 Å². The molecule has 0 radical (unpaired) electrons. The summed E-state index contributed by atoms with van der Waals surface area (Å²) in [6, 6.07) is 6.93. The number of hydrogen-bond donors (Lipinski definition) is 3. The Morgan fingerprint density at radius 1 is 1.29 bits per heavy atom. The van der Waals surface area contributed by atoms with Crippen molar-refractivity contribution in [3.63, 3.8) is 0 Å². The molecule has 1 aromatic carbocycles. The van der Waals surface area contributed by atoms with Gasteiger partial charge in [-0.2, -0.15) is 0 Å². The molecular weight excluding hydrogens is 324 g/mol. The van der Waals surface area contributed by atoms with E-state index in [0.717, 1.165) is 9.35 Å². The van der Waals surface area contributed by atoms with Crippen LogP contribution >= 0.6 is 39.7 Å². The van der Waals surface area contributed by atoms with Crippen molar-refractivity contribution >= 4 is 45.4 Å². The molecule has 0 aliphatic heterocycles. The third kappa shape index (κ3) is 2.74. The highest BCUT2D eigenvalue weighted by atomic mass is 79.9. The lowest BCUT2D eigenvalue weighted by atomic mass is 10.0. The van der Waals surface area contributed by atoms with Gasteiger partial charge >= 0.3 is 0 Å². The molecule has 6 heteroatoms. The molecule has 1 aromatic heterocycles. The number of hydrogen-bond acceptors (Lipinski definition) is 4. The third-order valence-corrected chi connectivity index (χ3v) is 4.00. The minimum absolute atomic E-state index is 0. The first-order valence-corrected chi connectivity index (χ1v) is 6.34. The number of benzene rings is 1. The molecule has 0 bridgehead atoms. The Bertz CT molecular complexity index is 504. The van der Waals surface area contributed by atoms with E-state index in [0.29, 0.717) is 11.3 Å². The van der Waals surface area contributed by atoms with Gasteiger partial charge in [0.1, 0.15) is 5.75 Å². The van der Waals surface area contributed by atoms with Crippen molar-refractivity contribution in [1.29, 1.82) is 0 Å². The van der Waals surface area contributed by atoms with Gasteiger partial charge in [0, 0.05) is 14.9 Å². The lowest BCUT2D eigenvalue weighted by Gasteiger charge is -2.15. The molecule has 0 fully saturated rings. The number of thiophene rings is 1. The van der Waals surface area contributed by atoms with Crippen LogP contribution in [0.15, 0.2) is 34.1 Å². The summed E-state index contributed by atoms with van der Waals surface area (Å²) in [6.45, 7) is 0. The van der Waals surface area contributed by atoms with E-state index in [1.807, 2.05) is 17.5 Å². The van der Waals surface area contributed by atoms with Gasteiger partial charge in [0.25, 0.3) is 0 Å². The van der Waals surface area contributed by atoms with E-state index in [2.05, 4.69) is 15.9 Å². The zero-order valence-corrected chi connectivity index (χ0v) is 12.0. The van der Waals surface area contributed by atoms with Gasteiger partial charge in [0.15, 0.2) is 0 Å². The summed E-state index contributed by atoms with van der Waals surface area (Å²) in [5.74, 6) is 0.0512. The Labute approximate surface area is 118 Å². The predicted octanol–water partition coefficient (Wildman–Crippen LogP) is 3.27. The Balaban J connectivity index is 0.00000144. The van der Waals surface area contributed by atoms with Crippen LogP contribution in [-0.2, 0) is 0 Å². The summed E-state index contributed by atoms with van der Waals surface area (Å²) < 4.78 is 0.764. The molecule has 0 amide bonds. The molecule has 3 nitrogen and oxygen atoms in total. The van der Waals surface area contributed by atoms with E-state index < -0.39 is 0 Å². The molecule has 1 heterocycles. The Morgan fingerprint density at radius 3 is 2.59 bits per heavy atom. The monoisotopic (exact) mass is 334 g/mol. The number of nitrogen functional groups attached to an aromatic ring is 1. The number of halogens is 2. The number of rotatable bonds is 2. The van der Waals surface area contributed by atoms with E-state index in [4.69, 9.17) is 11.5 Å². The summed E-state index contributed by atoms with van der Waals surface area (Å²) in [4.78, 5) is 0.988. The first-order chi connectivity index (χ1) is 7.61. The molecule has 2 aromatic rings. The van der Waals surface area contributed by atoms with E-state index >= 15 is 0 Å². The fourth-order valence-electron chi connectivity index (χ4n) is 1.51. The molecule has 5 N–H and O–H groups in total. The highest BCUT2D eigenvalue weighted by molar-refractivity contribution is 9.10. The second-order valence-electron chi connectivity index (χ2n) is 3.39. The van der Waals surface area contributed by atoms with Crippen molar-refractivity contribution in [2.24, 2.45) is 5.73 Å². The van der Waals surface area contributed by atoms with Gasteiger partial charge in [-0.25, -0.2) is 0 Å². The summed E-state index contributed by atoms with van der Waals surface area (Å²) in [6.07, 6.45) is 0. The minimum atomic E-state index is -0.363. The molecule has 0 spiro atoms. The molecule has 92 valence electrons. The van der Waals surface area contributed by atoms with Crippen LogP contribution in [0.4, 0.5) is 5.69 Å². The van der Waals surface area contributed by atoms with Crippen molar-refractivity contribution in [1.82, 2.24) is 0 Å². The molecule has 0 aliphatic rings. The van der Waals surface area contributed by atoms with Gasteiger partial charge in [-0.05, 0) is 23.6 Å². The van der Waals surface area contributed by atoms with Crippen LogP contribution in [0, 0.1) is 0 Å². The number of phenolic OH excluding ortho intramolecular Hbond substituents is 1. The van der Waals surface area contributed by atoms with Crippen molar-refractivity contribution in [3.05, 3.63) is 44.6 Å². The summed E-state index contributed by atoms with van der Waals surface area (Å²) in [5.41, 5.74) is 12.7. The van der Waals surface area contributed by atoms with Gasteiger partial charge in [-0.3, -0.25) is 0 Å². The number of phenols is 1. The van der Waals surface area contributed by atoms with Crippen LogP contribution in [0.1, 0.15) is 16.5 Å². The largest absolute Gasteiger partial charge is 0.505 e. The maximum absolute atomic E-state index is 9.92. The Morgan fingerprint density at radius 2 is 2.00 bits per heavy atom. The van der Waals surface area contributed by atoms with E-state index in [-0.39, 0.29) is 24.2 Å². The first kappa shape index (κ1) is 14.3.